The van der Waals surface area contributed by atoms with Crippen LogP contribution in [0.5, 0.6) is 0 Å². The summed E-state index contributed by atoms with van der Waals surface area (Å²) in [6.07, 6.45) is 5.23. The van der Waals surface area contributed by atoms with Crippen molar-refractivity contribution < 1.29 is 4.43 Å². The van der Waals surface area contributed by atoms with Gasteiger partial charge in [0.05, 0.1) is 6.10 Å². The molecule has 0 amide bonds. The fraction of sp³-hybridized carbons (Fsp3) is 0.846. The molecule has 3 heteroatoms. The lowest BCUT2D eigenvalue weighted by molar-refractivity contribution is 0.0369. The van der Waals surface area contributed by atoms with E-state index in [1.807, 2.05) is 0 Å². The highest BCUT2D eigenvalue weighted by Gasteiger charge is 2.35. The summed E-state index contributed by atoms with van der Waals surface area (Å²) in [5.41, 5.74) is 1.81. The van der Waals surface area contributed by atoms with Crippen LogP contribution in [0.25, 0.3) is 0 Å². The minimum absolute atomic E-state index is 0.261. The van der Waals surface area contributed by atoms with Crippen LogP contribution in [0, 0.1) is 11.3 Å². The molecule has 0 aromatic carbocycles. The maximum absolute atomic E-state index is 6.28. The monoisotopic (exact) mass is 304 g/mol. The largest absolute Gasteiger partial charge is 0.417 e. The second-order valence-electron chi connectivity index (χ2n) is 6.17. The second-order valence-corrected chi connectivity index (χ2v) is 9.10. The maximum atomic E-state index is 6.28. The molecule has 2 unspecified atom stereocenters. The summed E-state index contributed by atoms with van der Waals surface area (Å²) in [4.78, 5) is 0. The Balaban J connectivity index is 2.65. The van der Waals surface area contributed by atoms with Crippen LogP contribution in [0.4, 0.5) is 0 Å². The molecule has 1 aliphatic carbocycles. The van der Waals surface area contributed by atoms with Crippen molar-refractivity contribution in [3.63, 3.8) is 0 Å². The molecule has 1 nitrogen and oxygen atoms in total. The first-order chi connectivity index (χ1) is 7.34. The van der Waals surface area contributed by atoms with Crippen molar-refractivity contribution in [3.05, 3.63) is 11.6 Å². The molecule has 0 saturated carbocycles. The van der Waals surface area contributed by atoms with E-state index in [4.69, 9.17) is 4.43 Å². The van der Waals surface area contributed by atoms with Crippen molar-refractivity contribution in [1.82, 2.24) is 0 Å². The predicted molar refractivity (Wildman–Crippen MR) is 77.8 cm³/mol. The van der Waals surface area contributed by atoms with E-state index in [-0.39, 0.29) is 5.41 Å². The Labute approximate surface area is 111 Å². The van der Waals surface area contributed by atoms with Crippen LogP contribution >= 0.6 is 15.9 Å². The van der Waals surface area contributed by atoms with E-state index in [2.05, 4.69) is 55.9 Å². The van der Waals surface area contributed by atoms with Crippen molar-refractivity contribution in [1.29, 1.82) is 0 Å². The Morgan fingerprint density at radius 2 is 2.12 bits per heavy atom. The standard InChI is InChI=1S/C13H25BrOSi/c1-13(2,3)12(15-16(4)5)11-7-6-10(8-11)9-14/h6,11-12,16H,7-9H2,1-5H3. The highest BCUT2D eigenvalue weighted by molar-refractivity contribution is 9.09. The molecule has 0 heterocycles. The smallest absolute Gasteiger partial charge is 0.171 e. The summed E-state index contributed by atoms with van der Waals surface area (Å²) in [5, 5.41) is 1.03. The van der Waals surface area contributed by atoms with E-state index in [1.165, 1.54) is 12.8 Å². The number of allylic oxidation sites excluding steroid dienone is 2. The van der Waals surface area contributed by atoms with E-state index in [1.54, 1.807) is 5.57 Å². The van der Waals surface area contributed by atoms with Gasteiger partial charge in [-0.1, -0.05) is 48.4 Å². The molecule has 0 radical (unpaired) electrons. The van der Waals surface area contributed by atoms with Crippen molar-refractivity contribution in [2.45, 2.75) is 52.8 Å². The number of halogens is 1. The van der Waals surface area contributed by atoms with Gasteiger partial charge in [0.2, 0.25) is 0 Å². The Morgan fingerprint density at radius 3 is 2.50 bits per heavy atom. The lowest BCUT2D eigenvalue weighted by Crippen LogP contribution is -2.38. The first-order valence-corrected chi connectivity index (χ1v) is 10.1. The van der Waals surface area contributed by atoms with Gasteiger partial charge in [0, 0.05) is 5.33 Å². The fourth-order valence-corrected chi connectivity index (χ4v) is 4.15. The molecule has 16 heavy (non-hydrogen) atoms. The molecule has 0 aliphatic heterocycles. The zero-order valence-corrected chi connectivity index (χ0v) is 14.0. The van der Waals surface area contributed by atoms with E-state index < -0.39 is 9.04 Å². The summed E-state index contributed by atoms with van der Waals surface area (Å²) in [5.74, 6) is 0.697. The van der Waals surface area contributed by atoms with Crippen LogP contribution in [-0.2, 0) is 4.43 Å². The zero-order chi connectivity index (χ0) is 12.3. The maximum Gasteiger partial charge on any atom is 0.171 e. The molecule has 0 aromatic rings. The molecule has 0 fully saturated rings. The van der Waals surface area contributed by atoms with E-state index >= 15 is 0 Å². The van der Waals surface area contributed by atoms with Gasteiger partial charge in [-0.25, -0.2) is 0 Å². The molecule has 94 valence electrons. The van der Waals surface area contributed by atoms with Gasteiger partial charge in [-0.05, 0) is 37.3 Å². The summed E-state index contributed by atoms with van der Waals surface area (Å²) in [6, 6.07) is 0. The number of hydrogen-bond acceptors (Lipinski definition) is 1. The Hall–Kier alpha value is 0.397. The normalized spacial score (nSPS) is 23.7. The lowest BCUT2D eigenvalue weighted by Gasteiger charge is -2.37. The summed E-state index contributed by atoms with van der Waals surface area (Å²) in [7, 11) is -0.948. The third-order valence-electron chi connectivity index (χ3n) is 3.11. The first kappa shape index (κ1) is 14.5. The first-order valence-electron chi connectivity index (χ1n) is 6.24. The van der Waals surface area contributed by atoms with Crippen LogP contribution in [0.3, 0.4) is 0 Å². The van der Waals surface area contributed by atoms with Crippen molar-refractivity contribution in [2.75, 3.05) is 5.33 Å². The molecule has 0 bridgehead atoms. The molecule has 0 aromatic heterocycles. The average molecular weight is 305 g/mol. The Kier molecular flexibility index (Phi) is 5.27. The van der Waals surface area contributed by atoms with E-state index in [0.29, 0.717) is 12.0 Å². The van der Waals surface area contributed by atoms with Crippen molar-refractivity contribution >= 4 is 25.0 Å². The van der Waals surface area contributed by atoms with Crippen LogP contribution in [0.15, 0.2) is 11.6 Å². The number of alkyl halides is 1. The Bertz CT molecular complexity index is 255. The summed E-state index contributed by atoms with van der Waals surface area (Å²) < 4.78 is 6.28. The third-order valence-corrected chi connectivity index (χ3v) is 4.66. The third kappa shape index (κ3) is 4.01. The van der Waals surface area contributed by atoms with E-state index in [0.717, 1.165) is 5.33 Å². The van der Waals surface area contributed by atoms with Gasteiger partial charge in [-0.2, -0.15) is 0 Å². The van der Waals surface area contributed by atoms with Gasteiger partial charge in [0.15, 0.2) is 9.04 Å². The molecule has 1 rings (SSSR count). The lowest BCUT2D eigenvalue weighted by atomic mass is 9.80. The molecule has 0 spiro atoms. The van der Waals surface area contributed by atoms with Gasteiger partial charge in [-0.15, -0.1) is 0 Å². The summed E-state index contributed by atoms with van der Waals surface area (Å²) >= 11 is 3.55. The number of hydrogen-bond donors (Lipinski definition) is 0. The Morgan fingerprint density at radius 1 is 1.50 bits per heavy atom. The van der Waals surface area contributed by atoms with Gasteiger partial charge in [-0.3, -0.25) is 0 Å². The molecule has 0 saturated heterocycles. The van der Waals surface area contributed by atoms with Gasteiger partial charge >= 0.3 is 0 Å². The zero-order valence-electron chi connectivity index (χ0n) is 11.2. The minimum atomic E-state index is -0.948. The number of rotatable bonds is 4. The van der Waals surface area contributed by atoms with Crippen LogP contribution in [-0.4, -0.2) is 20.5 Å². The molecule has 1 aliphatic rings. The van der Waals surface area contributed by atoms with Gasteiger partial charge < -0.3 is 4.43 Å². The topological polar surface area (TPSA) is 9.23 Å². The highest BCUT2D eigenvalue weighted by atomic mass is 79.9. The quantitative estimate of drug-likeness (QED) is 0.431. The minimum Gasteiger partial charge on any atom is -0.417 e. The molecule has 2 atom stereocenters. The second kappa shape index (κ2) is 5.83. The molecular weight excluding hydrogens is 280 g/mol. The van der Waals surface area contributed by atoms with E-state index in [9.17, 15) is 0 Å². The van der Waals surface area contributed by atoms with Gasteiger partial charge in [0.1, 0.15) is 0 Å². The molecular formula is C13H25BrOSi. The predicted octanol–water partition coefficient (Wildman–Crippen LogP) is 4.13. The fourth-order valence-electron chi connectivity index (χ4n) is 2.48. The SMILES string of the molecule is C[SiH](C)OC(C1CC=C(CBr)C1)C(C)(C)C. The van der Waals surface area contributed by atoms with Crippen molar-refractivity contribution in [2.24, 2.45) is 11.3 Å². The average Bonchev–Trinajstić information content (AvgIpc) is 2.60. The molecule has 0 N–H and O–H groups in total. The van der Waals surface area contributed by atoms with Crippen molar-refractivity contribution in [3.8, 4) is 0 Å². The van der Waals surface area contributed by atoms with Crippen LogP contribution < -0.4 is 0 Å². The summed E-state index contributed by atoms with van der Waals surface area (Å²) in [6.45, 7) is 11.5. The highest BCUT2D eigenvalue weighted by Crippen LogP contribution is 2.38. The van der Waals surface area contributed by atoms with Gasteiger partial charge in [0.25, 0.3) is 0 Å². The van der Waals surface area contributed by atoms with Crippen LogP contribution in [0.1, 0.15) is 33.6 Å². The van der Waals surface area contributed by atoms with Crippen LogP contribution in [0.2, 0.25) is 13.1 Å².